The van der Waals surface area contributed by atoms with Gasteiger partial charge >= 0.3 is 5.97 Å². The number of nitrogens with zero attached hydrogens (tertiary/aromatic N) is 1. The number of benzene rings is 2. The molecular formula is C19H20ClNO2. The number of esters is 1. The van der Waals surface area contributed by atoms with Crippen molar-refractivity contribution in [1.29, 1.82) is 0 Å². The fourth-order valence-electron chi connectivity index (χ4n) is 3.06. The van der Waals surface area contributed by atoms with Gasteiger partial charge in [0.05, 0.1) is 6.61 Å². The lowest BCUT2D eigenvalue weighted by Crippen LogP contribution is -2.45. The molecule has 1 unspecified atom stereocenters. The molecule has 0 saturated carbocycles. The summed E-state index contributed by atoms with van der Waals surface area (Å²) in [6, 6.07) is 15.8. The Morgan fingerprint density at radius 3 is 2.61 bits per heavy atom. The van der Waals surface area contributed by atoms with Crippen molar-refractivity contribution in [2.24, 2.45) is 0 Å². The number of ether oxygens (including phenoxy) is 1. The van der Waals surface area contributed by atoms with Crippen molar-refractivity contribution in [3.63, 3.8) is 0 Å². The monoisotopic (exact) mass is 329 g/mol. The van der Waals surface area contributed by atoms with Crippen molar-refractivity contribution in [2.45, 2.75) is 32.5 Å². The summed E-state index contributed by atoms with van der Waals surface area (Å²) < 4.78 is 5.28. The standard InChI is InChI=1S/C19H20ClNO2/c1-2-23-19(22)18-11-14-7-3-4-8-15(14)12-21(18)13-16-9-5-6-10-17(16)20/h3-10,18H,2,11-13H2,1H3. The van der Waals surface area contributed by atoms with Crippen LogP contribution in [0, 0.1) is 0 Å². The first-order valence-corrected chi connectivity index (χ1v) is 8.27. The summed E-state index contributed by atoms with van der Waals surface area (Å²) in [5, 5.41) is 0.731. The van der Waals surface area contributed by atoms with Gasteiger partial charge in [-0.2, -0.15) is 0 Å². The Morgan fingerprint density at radius 2 is 1.87 bits per heavy atom. The minimum Gasteiger partial charge on any atom is -0.465 e. The van der Waals surface area contributed by atoms with Crippen LogP contribution in [0.1, 0.15) is 23.6 Å². The van der Waals surface area contributed by atoms with Gasteiger partial charge in [0.25, 0.3) is 0 Å². The Labute approximate surface area is 141 Å². The lowest BCUT2D eigenvalue weighted by atomic mass is 9.93. The van der Waals surface area contributed by atoms with E-state index in [4.69, 9.17) is 16.3 Å². The molecule has 3 nitrogen and oxygen atoms in total. The quantitative estimate of drug-likeness (QED) is 0.798. The molecule has 23 heavy (non-hydrogen) atoms. The third-order valence-corrected chi connectivity index (χ3v) is 4.60. The van der Waals surface area contributed by atoms with Crippen LogP contribution in [-0.4, -0.2) is 23.5 Å². The molecule has 120 valence electrons. The molecule has 0 bridgehead atoms. The molecule has 2 aromatic rings. The Hall–Kier alpha value is -1.84. The van der Waals surface area contributed by atoms with E-state index in [1.54, 1.807) is 0 Å². The van der Waals surface area contributed by atoms with Crippen molar-refractivity contribution < 1.29 is 9.53 Å². The highest BCUT2D eigenvalue weighted by Gasteiger charge is 2.32. The lowest BCUT2D eigenvalue weighted by Gasteiger charge is -2.35. The van der Waals surface area contributed by atoms with Gasteiger partial charge in [-0.15, -0.1) is 0 Å². The van der Waals surface area contributed by atoms with Crippen molar-refractivity contribution in [3.8, 4) is 0 Å². The molecule has 4 heteroatoms. The summed E-state index contributed by atoms with van der Waals surface area (Å²) in [6.07, 6.45) is 0.680. The van der Waals surface area contributed by atoms with Gasteiger partial charge in [-0.05, 0) is 36.1 Å². The average Bonchev–Trinajstić information content (AvgIpc) is 2.56. The van der Waals surface area contributed by atoms with Crippen LogP contribution in [0.2, 0.25) is 5.02 Å². The molecule has 0 aromatic heterocycles. The molecular weight excluding hydrogens is 310 g/mol. The number of carbonyl (C=O) groups excluding carboxylic acids is 1. The Bertz CT molecular complexity index is 701. The maximum absolute atomic E-state index is 12.4. The molecule has 1 aliphatic heterocycles. The second kappa shape index (κ2) is 7.16. The van der Waals surface area contributed by atoms with Gasteiger partial charge in [-0.25, -0.2) is 0 Å². The summed E-state index contributed by atoms with van der Waals surface area (Å²) in [6.45, 7) is 3.60. The number of halogens is 1. The zero-order chi connectivity index (χ0) is 16.2. The van der Waals surface area contributed by atoms with Crippen LogP contribution in [0.5, 0.6) is 0 Å². The molecule has 0 fully saturated rings. The first kappa shape index (κ1) is 16.0. The molecule has 1 atom stereocenters. The summed E-state index contributed by atoms with van der Waals surface area (Å²) >= 11 is 6.29. The maximum atomic E-state index is 12.4. The smallest absolute Gasteiger partial charge is 0.323 e. The van der Waals surface area contributed by atoms with Crippen molar-refractivity contribution in [2.75, 3.05) is 6.61 Å². The largest absolute Gasteiger partial charge is 0.465 e. The molecule has 0 saturated heterocycles. The van der Waals surface area contributed by atoms with E-state index >= 15 is 0 Å². The fraction of sp³-hybridized carbons (Fsp3) is 0.316. The van der Waals surface area contributed by atoms with Crippen molar-refractivity contribution >= 4 is 17.6 Å². The van der Waals surface area contributed by atoms with Gasteiger partial charge in [-0.1, -0.05) is 54.1 Å². The van der Waals surface area contributed by atoms with Gasteiger partial charge in [0.15, 0.2) is 0 Å². The highest BCUT2D eigenvalue weighted by atomic mass is 35.5. The van der Waals surface area contributed by atoms with Crippen LogP contribution < -0.4 is 0 Å². The summed E-state index contributed by atoms with van der Waals surface area (Å²) in [7, 11) is 0. The van der Waals surface area contributed by atoms with Crippen LogP contribution >= 0.6 is 11.6 Å². The predicted octanol–water partition coefficient (Wildman–Crippen LogP) is 3.83. The maximum Gasteiger partial charge on any atom is 0.323 e. The molecule has 0 aliphatic carbocycles. The SMILES string of the molecule is CCOC(=O)C1Cc2ccccc2CN1Cc1ccccc1Cl. The van der Waals surface area contributed by atoms with E-state index in [0.717, 1.165) is 17.1 Å². The Morgan fingerprint density at radius 1 is 1.17 bits per heavy atom. The van der Waals surface area contributed by atoms with E-state index in [1.807, 2.05) is 43.3 Å². The highest BCUT2D eigenvalue weighted by molar-refractivity contribution is 6.31. The van der Waals surface area contributed by atoms with E-state index in [9.17, 15) is 4.79 Å². The Balaban J connectivity index is 1.88. The average molecular weight is 330 g/mol. The molecule has 2 aromatic carbocycles. The molecule has 0 radical (unpaired) electrons. The van der Waals surface area contributed by atoms with E-state index in [0.29, 0.717) is 19.6 Å². The van der Waals surface area contributed by atoms with E-state index in [1.165, 1.54) is 11.1 Å². The molecule has 1 heterocycles. The van der Waals surface area contributed by atoms with Crippen LogP contribution in [0.25, 0.3) is 0 Å². The van der Waals surface area contributed by atoms with Crippen molar-refractivity contribution in [1.82, 2.24) is 4.90 Å². The number of hydrogen-bond donors (Lipinski definition) is 0. The van der Waals surface area contributed by atoms with Crippen LogP contribution in [0.3, 0.4) is 0 Å². The number of fused-ring (bicyclic) bond motifs is 1. The third kappa shape index (κ3) is 3.57. The number of carbonyl (C=O) groups is 1. The second-order valence-corrected chi connectivity index (χ2v) is 6.14. The predicted molar refractivity (Wildman–Crippen MR) is 91.3 cm³/mol. The number of hydrogen-bond acceptors (Lipinski definition) is 3. The van der Waals surface area contributed by atoms with E-state index < -0.39 is 0 Å². The van der Waals surface area contributed by atoms with Crippen LogP contribution in [0.15, 0.2) is 48.5 Å². The highest BCUT2D eigenvalue weighted by Crippen LogP contribution is 2.27. The van der Waals surface area contributed by atoms with Gasteiger partial charge in [0, 0.05) is 18.1 Å². The summed E-state index contributed by atoms with van der Waals surface area (Å²) in [5.74, 6) is -0.158. The topological polar surface area (TPSA) is 29.5 Å². The van der Waals surface area contributed by atoms with E-state index in [-0.39, 0.29) is 12.0 Å². The molecule has 0 spiro atoms. The summed E-state index contributed by atoms with van der Waals surface area (Å²) in [5.41, 5.74) is 3.52. The molecule has 1 aliphatic rings. The summed E-state index contributed by atoms with van der Waals surface area (Å²) in [4.78, 5) is 14.6. The first-order valence-electron chi connectivity index (χ1n) is 7.90. The second-order valence-electron chi connectivity index (χ2n) is 5.74. The van der Waals surface area contributed by atoms with Gasteiger partial charge in [0.1, 0.15) is 6.04 Å². The normalized spacial score (nSPS) is 17.6. The fourth-order valence-corrected chi connectivity index (χ4v) is 3.26. The first-order chi connectivity index (χ1) is 11.2. The molecule has 3 rings (SSSR count). The third-order valence-electron chi connectivity index (χ3n) is 4.24. The molecule has 0 amide bonds. The molecule has 0 N–H and O–H groups in total. The number of rotatable bonds is 4. The minimum atomic E-state index is -0.263. The van der Waals surface area contributed by atoms with Gasteiger partial charge in [-0.3, -0.25) is 9.69 Å². The van der Waals surface area contributed by atoms with Crippen LogP contribution in [-0.2, 0) is 29.0 Å². The minimum absolute atomic E-state index is 0.158. The van der Waals surface area contributed by atoms with E-state index in [2.05, 4.69) is 17.0 Å². The van der Waals surface area contributed by atoms with Gasteiger partial charge < -0.3 is 4.74 Å². The zero-order valence-corrected chi connectivity index (χ0v) is 13.9. The van der Waals surface area contributed by atoms with Gasteiger partial charge in [0.2, 0.25) is 0 Å². The zero-order valence-electron chi connectivity index (χ0n) is 13.2. The van der Waals surface area contributed by atoms with Crippen LogP contribution in [0.4, 0.5) is 0 Å². The lowest BCUT2D eigenvalue weighted by molar-refractivity contribution is -0.150. The Kier molecular flexibility index (Phi) is 4.99. The van der Waals surface area contributed by atoms with Crippen molar-refractivity contribution in [3.05, 3.63) is 70.2 Å².